The molecular weight excluding hydrogens is 334 g/mol. The van der Waals surface area contributed by atoms with E-state index in [1.807, 2.05) is 36.4 Å². The highest BCUT2D eigenvalue weighted by Gasteiger charge is 2.09. The van der Waals surface area contributed by atoms with Crippen LogP contribution < -0.4 is 14.8 Å². The van der Waals surface area contributed by atoms with E-state index in [1.165, 1.54) is 11.1 Å². The van der Waals surface area contributed by atoms with E-state index in [9.17, 15) is 0 Å². The molecule has 0 radical (unpaired) electrons. The molecule has 0 aliphatic rings. The molecule has 0 aromatic heterocycles. The fourth-order valence-electron chi connectivity index (χ4n) is 2.95. The highest BCUT2D eigenvalue weighted by molar-refractivity contribution is 5.50. The van der Waals surface area contributed by atoms with Crippen molar-refractivity contribution in [3.05, 3.63) is 102 Å². The van der Waals surface area contributed by atoms with Gasteiger partial charge in [0.25, 0.3) is 0 Å². The van der Waals surface area contributed by atoms with E-state index in [-0.39, 0.29) is 6.04 Å². The Morgan fingerprint density at radius 1 is 0.815 bits per heavy atom. The van der Waals surface area contributed by atoms with E-state index in [1.54, 1.807) is 14.2 Å². The second-order valence-corrected chi connectivity index (χ2v) is 6.23. The molecule has 1 atom stereocenters. The predicted octanol–water partition coefficient (Wildman–Crippen LogP) is 5.25. The fourth-order valence-corrected chi connectivity index (χ4v) is 2.95. The molecule has 3 aromatic rings. The van der Waals surface area contributed by atoms with Gasteiger partial charge in [0.05, 0.1) is 20.3 Å². The SMILES string of the molecule is COc1ccc(CN[C@@H](/C=C/c2ccccc2)c2ccccc2)cc1OC. The second-order valence-electron chi connectivity index (χ2n) is 6.23. The number of hydrogen-bond donors (Lipinski definition) is 1. The molecule has 0 fully saturated rings. The van der Waals surface area contributed by atoms with Crippen molar-refractivity contribution in [2.45, 2.75) is 12.6 Å². The van der Waals surface area contributed by atoms with Gasteiger partial charge < -0.3 is 14.8 Å². The number of nitrogens with one attached hydrogen (secondary N) is 1. The largest absolute Gasteiger partial charge is 0.493 e. The van der Waals surface area contributed by atoms with E-state index < -0.39 is 0 Å². The average Bonchev–Trinajstić information content (AvgIpc) is 2.75. The summed E-state index contributed by atoms with van der Waals surface area (Å²) in [6.07, 6.45) is 4.35. The lowest BCUT2D eigenvalue weighted by Gasteiger charge is -2.17. The first-order valence-corrected chi connectivity index (χ1v) is 9.02. The van der Waals surface area contributed by atoms with Crippen LogP contribution in [-0.4, -0.2) is 14.2 Å². The molecule has 0 unspecified atom stereocenters. The first kappa shape index (κ1) is 18.7. The molecule has 3 rings (SSSR count). The molecule has 3 nitrogen and oxygen atoms in total. The van der Waals surface area contributed by atoms with E-state index in [4.69, 9.17) is 9.47 Å². The molecule has 3 aromatic carbocycles. The summed E-state index contributed by atoms with van der Waals surface area (Å²) >= 11 is 0. The van der Waals surface area contributed by atoms with Crippen molar-refractivity contribution in [2.75, 3.05) is 14.2 Å². The van der Waals surface area contributed by atoms with Crippen LogP contribution >= 0.6 is 0 Å². The van der Waals surface area contributed by atoms with Crippen LogP contribution in [0.1, 0.15) is 22.7 Å². The molecule has 0 spiro atoms. The second kappa shape index (κ2) is 9.60. The van der Waals surface area contributed by atoms with E-state index in [0.717, 1.165) is 23.6 Å². The number of benzene rings is 3. The maximum Gasteiger partial charge on any atom is 0.161 e. The molecule has 27 heavy (non-hydrogen) atoms. The lowest BCUT2D eigenvalue weighted by atomic mass is 10.0. The van der Waals surface area contributed by atoms with Crippen LogP contribution in [0.15, 0.2) is 84.9 Å². The minimum atomic E-state index is 0.111. The zero-order valence-electron chi connectivity index (χ0n) is 15.8. The van der Waals surface area contributed by atoms with Crippen LogP contribution in [-0.2, 0) is 6.54 Å². The molecule has 1 N–H and O–H groups in total. The quantitative estimate of drug-likeness (QED) is 0.596. The third-order valence-electron chi connectivity index (χ3n) is 4.41. The first-order chi connectivity index (χ1) is 13.3. The van der Waals surface area contributed by atoms with Gasteiger partial charge in [0.15, 0.2) is 11.5 Å². The van der Waals surface area contributed by atoms with Crippen molar-refractivity contribution in [3.8, 4) is 11.5 Å². The van der Waals surface area contributed by atoms with Gasteiger partial charge in [0, 0.05) is 6.54 Å². The zero-order chi connectivity index (χ0) is 18.9. The van der Waals surface area contributed by atoms with E-state index >= 15 is 0 Å². The van der Waals surface area contributed by atoms with Gasteiger partial charge in [-0.05, 0) is 28.8 Å². The van der Waals surface area contributed by atoms with Crippen LogP contribution in [0.3, 0.4) is 0 Å². The molecule has 138 valence electrons. The Kier molecular flexibility index (Phi) is 6.66. The fraction of sp³-hybridized carbons (Fsp3) is 0.167. The lowest BCUT2D eigenvalue weighted by Crippen LogP contribution is -2.19. The Morgan fingerprint density at radius 3 is 2.15 bits per heavy atom. The Morgan fingerprint density at radius 2 is 1.48 bits per heavy atom. The van der Waals surface area contributed by atoms with Crippen LogP contribution in [0.4, 0.5) is 0 Å². The third kappa shape index (κ3) is 5.22. The summed E-state index contributed by atoms with van der Waals surface area (Å²) in [7, 11) is 3.31. The highest BCUT2D eigenvalue weighted by Crippen LogP contribution is 2.28. The Bertz CT molecular complexity index is 860. The predicted molar refractivity (Wildman–Crippen MR) is 111 cm³/mol. The van der Waals surface area contributed by atoms with Gasteiger partial charge in [-0.15, -0.1) is 0 Å². The van der Waals surface area contributed by atoms with Crippen molar-refractivity contribution in [1.29, 1.82) is 0 Å². The van der Waals surface area contributed by atoms with Crippen LogP contribution in [0, 0.1) is 0 Å². The molecule has 0 heterocycles. The van der Waals surface area contributed by atoms with Crippen molar-refractivity contribution < 1.29 is 9.47 Å². The van der Waals surface area contributed by atoms with Crippen molar-refractivity contribution in [3.63, 3.8) is 0 Å². The molecule has 0 aliphatic carbocycles. The van der Waals surface area contributed by atoms with Gasteiger partial charge in [0.2, 0.25) is 0 Å². The molecule has 0 saturated carbocycles. The number of ether oxygens (including phenoxy) is 2. The van der Waals surface area contributed by atoms with Crippen LogP contribution in [0.25, 0.3) is 6.08 Å². The van der Waals surface area contributed by atoms with Gasteiger partial charge in [-0.1, -0.05) is 78.9 Å². The minimum absolute atomic E-state index is 0.111. The third-order valence-corrected chi connectivity index (χ3v) is 4.41. The standard InChI is InChI=1S/C24H25NO2/c1-26-23-16-14-20(17-24(23)27-2)18-25-22(21-11-7-4-8-12-21)15-13-19-9-5-3-6-10-19/h3-17,22,25H,18H2,1-2H3/b15-13+/t22-/m0/s1. The maximum absolute atomic E-state index is 5.41. The normalized spacial score (nSPS) is 12.1. The first-order valence-electron chi connectivity index (χ1n) is 9.02. The monoisotopic (exact) mass is 359 g/mol. The number of methoxy groups -OCH3 is 2. The lowest BCUT2D eigenvalue weighted by molar-refractivity contribution is 0.354. The topological polar surface area (TPSA) is 30.5 Å². The molecule has 0 bridgehead atoms. The molecule has 0 amide bonds. The molecule has 0 saturated heterocycles. The molecule has 0 aliphatic heterocycles. The number of hydrogen-bond acceptors (Lipinski definition) is 3. The summed E-state index contributed by atoms with van der Waals surface area (Å²) in [6, 6.07) is 26.9. The van der Waals surface area contributed by atoms with Gasteiger partial charge in [-0.2, -0.15) is 0 Å². The zero-order valence-corrected chi connectivity index (χ0v) is 15.8. The minimum Gasteiger partial charge on any atom is -0.493 e. The maximum atomic E-state index is 5.41. The van der Waals surface area contributed by atoms with Gasteiger partial charge in [-0.3, -0.25) is 0 Å². The molecule has 3 heteroatoms. The highest BCUT2D eigenvalue weighted by atomic mass is 16.5. The smallest absolute Gasteiger partial charge is 0.161 e. The van der Waals surface area contributed by atoms with Crippen LogP contribution in [0.5, 0.6) is 11.5 Å². The Balaban J connectivity index is 1.77. The summed E-state index contributed by atoms with van der Waals surface area (Å²) in [5.41, 5.74) is 3.55. The van der Waals surface area contributed by atoms with Crippen LogP contribution in [0.2, 0.25) is 0 Å². The summed E-state index contributed by atoms with van der Waals surface area (Å²) in [5.74, 6) is 1.48. The average molecular weight is 359 g/mol. The van der Waals surface area contributed by atoms with Crippen molar-refractivity contribution in [1.82, 2.24) is 5.32 Å². The van der Waals surface area contributed by atoms with E-state index in [0.29, 0.717) is 0 Å². The number of rotatable bonds is 8. The van der Waals surface area contributed by atoms with Gasteiger partial charge >= 0.3 is 0 Å². The summed E-state index contributed by atoms with van der Waals surface area (Å²) in [4.78, 5) is 0. The Labute approximate surface area is 161 Å². The molecular formula is C24H25NO2. The summed E-state index contributed by atoms with van der Waals surface area (Å²) in [5, 5.41) is 3.63. The van der Waals surface area contributed by atoms with Gasteiger partial charge in [-0.25, -0.2) is 0 Å². The summed E-state index contributed by atoms with van der Waals surface area (Å²) in [6.45, 7) is 0.721. The summed E-state index contributed by atoms with van der Waals surface area (Å²) < 4.78 is 10.7. The van der Waals surface area contributed by atoms with E-state index in [2.05, 4.69) is 59.9 Å². The van der Waals surface area contributed by atoms with Gasteiger partial charge in [0.1, 0.15) is 0 Å². The Hall–Kier alpha value is -3.04. The van der Waals surface area contributed by atoms with Crippen molar-refractivity contribution >= 4 is 6.08 Å². The van der Waals surface area contributed by atoms with Crippen molar-refractivity contribution in [2.24, 2.45) is 0 Å².